The Morgan fingerprint density at radius 1 is 1.07 bits per heavy atom. The maximum atomic E-state index is 13.8. The molecule has 0 saturated carbocycles. The number of carbonyl (C=O) groups excluding carboxylic acids is 1. The molecular weight excluding hydrogens is 512 g/mol. The molecule has 0 fully saturated rings. The summed E-state index contributed by atoms with van der Waals surface area (Å²) in [6.45, 7) is 14.0. The van der Waals surface area contributed by atoms with Gasteiger partial charge in [-0.3, -0.25) is 4.79 Å². The molecule has 5 rings (SSSR count). The predicted octanol–water partition coefficient (Wildman–Crippen LogP) is 8.14. The Bertz CT molecular complexity index is 1580. The Morgan fingerprint density at radius 2 is 1.85 bits per heavy atom. The molecule has 0 aromatic heterocycles. The number of ether oxygens (including phenoxy) is 2. The first-order chi connectivity index (χ1) is 19.6. The van der Waals surface area contributed by atoms with Gasteiger partial charge in [0.25, 0.3) is 5.91 Å². The van der Waals surface area contributed by atoms with Crippen molar-refractivity contribution in [2.45, 2.75) is 59.9 Å². The molecule has 0 bridgehead atoms. The van der Waals surface area contributed by atoms with Crippen molar-refractivity contribution in [2.75, 3.05) is 25.5 Å². The lowest BCUT2D eigenvalue weighted by Crippen LogP contribution is -2.32. The standard InChI is InChI=1S/C35H40N2O4/c1-8-10-17-37(9-2)34(39)24-12-11-21(3)18-23(24)19-29-31-25(32-28(41-29)16-15-27(38)33(32)40-7)13-14-26-30(31)22(4)20-35(5,6)36-26/h11-16,18-20,36,38H,8-10,17H2,1-7H3/b29-19-. The van der Waals surface area contributed by atoms with Gasteiger partial charge in [-0.15, -0.1) is 0 Å². The molecule has 6 heteroatoms. The van der Waals surface area contributed by atoms with Crippen LogP contribution >= 0.6 is 0 Å². The lowest BCUT2D eigenvalue weighted by molar-refractivity contribution is 0.0762. The summed E-state index contributed by atoms with van der Waals surface area (Å²) in [6, 6.07) is 13.4. The zero-order valence-electron chi connectivity index (χ0n) is 25.1. The van der Waals surface area contributed by atoms with E-state index in [-0.39, 0.29) is 17.2 Å². The third-order valence-electron chi connectivity index (χ3n) is 7.85. The Morgan fingerprint density at radius 3 is 2.56 bits per heavy atom. The van der Waals surface area contributed by atoms with Gasteiger partial charge in [0.15, 0.2) is 11.5 Å². The van der Waals surface area contributed by atoms with E-state index in [2.05, 4.69) is 51.2 Å². The molecule has 1 amide bonds. The number of phenols is 1. The SMILES string of the molecule is CCCCN(CC)C(=O)c1ccc(C)cc1/C=C1\Oc2ccc(O)c(OC)c2-c2ccc3c(c21)C(C)=CC(C)(C)N3. The third-order valence-corrected chi connectivity index (χ3v) is 7.85. The van der Waals surface area contributed by atoms with Gasteiger partial charge in [-0.2, -0.15) is 0 Å². The van der Waals surface area contributed by atoms with Crippen LogP contribution in [0.4, 0.5) is 5.69 Å². The molecule has 2 aliphatic rings. The molecule has 2 heterocycles. The van der Waals surface area contributed by atoms with Crippen molar-refractivity contribution in [1.29, 1.82) is 0 Å². The first-order valence-electron chi connectivity index (χ1n) is 14.4. The van der Waals surface area contributed by atoms with Crippen molar-refractivity contribution in [1.82, 2.24) is 4.90 Å². The van der Waals surface area contributed by atoms with Crippen molar-refractivity contribution in [2.24, 2.45) is 0 Å². The van der Waals surface area contributed by atoms with Crippen LogP contribution < -0.4 is 14.8 Å². The smallest absolute Gasteiger partial charge is 0.254 e. The summed E-state index contributed by atoms with van der Waals surface area (Å²) >= 11 is 0. The van der Waals surface area contributed by atoms with E-state index in [0.29, 0.717) is 34.9 Å². The van der Waals surface area contributed by atoms with Crippen LogP contribution in [0.1, 0.15) is 80.1 Å². The minimum atomic E-state index is -0.211. The number of allylic oxidation sites excluding steroid dienone is 1. The molecule has 3 aromatic carbocycles. The molecule has 2 aliphatic heterocycles. The fourth-order valence-corrected chi connectivity index (χ4v) is 6.01. The number of nitrogens with zero attached hydrogens (tertiary/aromatic N) is 1. The molecule has 6 nitrogen and oxygen atoms in total. The molecule has 2 N–H and O–H groups in total. The number of amides is 1. The van der Waals surface area contributed by atoms with Crippen molar-refractivity contribution >= 4 is 29.0 Å². The van der Waals surface area contributed by atoms with Crippen molar-refractivity contribution < 1.29 is 19.4 Å². The van der Waals surface area contributed by atoms with Gasteiger partial charge in [0, 0.05) is 41.0 Å². The van der Waals surface area contributed by atoms with E-state index in [1.54, 1.807) is 19.2 Å². The minimum Gasteiger partial charge on any atom is -0.504 e. The molecule has 0 unspecified atom stereocenters. The van der Waals surface area contributed by atoms with Gasteiger partial charge in [0.1, 0.15) is 11.5 Å². The van der Waals surface area contributed by atoms with Crippen LogP contribution in [-0.4, -0.2) is 41.7 Å². The van der Waals surface area contributed by atoms with E-state index in [1.165, 1.54) is 0 Å². The van der Waals surface area contributed by atoms with Crippen molar-refractivity contribution in [3.63, 3.8) is 0 Å². The summed E-state index contributed by atoms with van der Waals surface area (Å²) in [5, 5.41) is 14.3. The number of anilines is 1. The molecule has 0 spiro atoms. The van der Waals surface area contributed by atoms with Crippen molar-refractivity contribution in [3.8, 4) is 28.4 Å². The van der Waals surface area contributed by atoms with E-state index < -0.39 is 0 Å². The number of benzene rings is 3. The largest absolute Gasteiger partial charge is 0.504 e. The van der Waals surface area contributed by atoms with Crippen LogP contribution in [0, 0.1) is 6.92 Å². The van der Waals surface area contributed by atoms with Gasteiger partial charge in [-0.05, 0) is 82.5 Å². The second-order valence-electron chi connectivity index (χ2n) is 11.5. The average molecular weight is 553 g/mol. The molecule has 214 valence electrons. The van der Waals surface area contributed by atoms with E-state index in [9.17, 15) is 9.90 Å². The van der Waals surface area contributed by atoms with Crippen LogP contribution in [0.15, 0.2) is 48.5 Å². The fourth-order valence-electron chi connectivity index (χ4n) is 6.01. The van der Waals surface area contributed by atoms with Crippen LogP contribution in [0.3, 0.4) is 0 Å². The minimum absolute atomic E-state index is 0.0189. The van der Waals surface area contributed by atoms with Crippen LogP contribution in [0.25, 0.3) is 28.5 Å². The second kappa shape index (κ2) is 11.0. The molecule has 0 atom stereocenters. The number of fused-ring (bicyclic) bond motifs is 5. The van der Waals surface area contributed by atoms with Crippen LogP contribution in [0.2, 0.25) is 0 Å². The van der Waals surface area contributed by atoms with Gasteiger partial charge in [-0.25, -0.2) is 0 Å². The number of hydrogen-bond donors (Lipinski definition) is 2. The zero-order chi connectivity index (χ0) is 29.5. The molecule has 0 saturated heterocycles. The number of unbranched alkanes of at least 4 members (excludes halogenated alkanes) is 1. The highest BCUT2D eigenvalue weighted by molar-refractivity contribution is 6.04. The van der Waals surface area contributed by atoms with Gasteiger partial charge in [0.05, 0.1) is 18.2 Å². The zero-order valence-corrected chi connectivity index (χ0v) is 25.1. The number of carbonyl (C=O) groups is 1. The number of nitrogens with one attached hydrogen (secondary N) is 1. The highest BCUT2D eigenvalue weighted by Crippen LogP contribution is 2.54. The molecule has 41 heavy (non-hydrogen) atoms. The number of aryl methyl sites for hydroxylation is 1. The van der Waals surface area contributed by atoms with Crippen LogP contribution in [-0.2, 0) is 0 Å². The number of rotatable bonds is 7. The Hall–Kier alpha value is -4.19. The second-order valence-corrected chi connectivity index (χ2v) is 11.5. The van der Waals surface area contributed by atoms with E-state index in [1.807, 2.05) is 43.0 Å². The highest BCUT2D eigenvalue weighted by atomic mass is 16.5. The molecule has 0 aliphatic carbocycles. The van der Waals surface area contributed by atoms with Crippen LogP contribution in [0.5, 0.6) is 17.2 Å². The average Bonchev–Trinajstić information content (AvgIpc) is 2.92. The summed E-state index contributed by atoms with van der Waals surface area (Å²) < 4.78 is 12.3. The molecule has 0 radical (unpaired) electrons. The summed E-state index contributed by atoms with van der Waals surface area (Å²) in [7, 11) is 1.55. The Labute approximate surface area is 243 Å². The van der Waals surface area contributed by atoms with Crippen molar-refractivity contribution in [3.05, 3.63) is 76.4 Å². The normalized spacial score (nSPS) is 15.6. The monoisotopic (exact) mass is 552 g/mol. The summed E-state index contributed by atoms with van der Waals surface area (Å²) in [5.41, 5.74) is 7.96. The highest BCUT2D eigenvalue weighted by Gasteiger charge is 2.33. The number of phenolic OH excluding ortho intramolecular Hbond substituents is 1. The quantitative estimate of drug-likeness (QED) is 0.310. The summed E-state index contributed by atoms with van der Waals surface area (Å²) in [4.78, 5) is 15.7. The first-order valence-corrected chi connectivity index (χ1v) is 14.4. The van der Waals surface area contributed by atoms with Gasteiger partial charge in [0.2, 0.25) is 0 Å². The van der Waals surface area contributed by atoms with E-state index >= 15 is 0 Å². The maximum absolute atomic E-state index is 13.8. The number of hydrogen-bond acceptors (Lipinski definition) is 5. The lowest BCUT2D eigenvalue weighted by atomic mass is 9.82. The topological polar surface area (TPSA) is 71.0 Å². The maximum Gasteiger partial charge on any atom is 0.254 e. The van der Waals surface area contributed by atoms with E-state index in [4.69, 9.17) is 9.47 Å². The third kappa shape index (κ3) is 5.19. The lowest BCUT2D eigenvalue weighted by Gasteiger charge is -2.35. The van der Waals surface area contributed by atoms with E-state index in [0.717, 1.165) is 58.5 Å². The fraction of sp³-hybridized carbons (Fsp3) is 0.343. The summed E-state index contributed by atoms with van der Waals surface area (Å²) in [6.07, 6.45) is 6.20. The molecule has 3 aromatic rings. The predicted molar refractivity (Wildman–Crippen MR) is 168 cm³/mol. The van der Waals surface area contributed by atoms with Gasteiger partial charge in [-0.1, -0.05) is 43.2 Å². The Kier molecular flexibility index (Phi) is 7.60. The first kappa shape index (κ1) is 28.3. The summed E-state index contributed by atoms with van der Waals surface area (Å²) in [5.74, 6) is 1.67. The van der Waals surface area contributed by atoms with Gasteiger partial charge >= 0.3 is 0 Å². The number of aromatic hydroxyl groups is 1. The number of methoxy groups -OCH3 is 1. The van der Waals surface area contributed by atoms with Gasteiger partial charge < -0.3 is 24.8 Å². The Balaban J connectivity index is 1.76. The molecular formula is C35H40N2O4.